The Morgan fingerprint density at radius 3 is 2.68 bits per heavy atom. The number of hydrogen-bond donors (Lipinski definition) is 0. The summed E-state index contributed by atoms with van der Waals surface area (Å²) in [5.41, 5.74) is -1.88. The van der Waals surface area contributed by atoms with Gasteiger partial charge in [0.2, 0.25) is 0 Å². The predicted molar refractivity (Wildman–Crippen MR) is 70.4 cm³/mol. The first kappa shape index (κ1) is 14.4. The molecule has 2 rings (SSSR count). The van der Waals surface area contributed by atoms with E-state index in [1.807, 2.05) is 34.6 Å². The molecule has 2 aliphatic rings. The van der Waals surface area contributed by atoms with Crippen LogP contribution in [0.2, 0.25) is 0 Å². The highest BCUT2D eigenvalue weighted by Gasteiger charge is 2.61. The third-order valence-electron chi connectivity index (χ3n) is 5.14. The lowest BCUT2D eigenvalue weighted by Gasteiger charge is -2.45. The van der Waals surface area contributed by atoms with Gasteiger partial charge >= 0.3 is 11.9 Å². The van der Waals surface area contributed by atoms with E-state index in [1.54, 1.807) is 0 Å². The monoisotopic (exact) mass is 268 g/mol. The summed E-state index contributed by atoms with van der Waals surface area (Å²) in [6.45, 7) is 9.51. The highest BCUT2D eigenvalue weighted by molar-refractivity contribution is 5.78. The van der Waals surface area contributed by atoms with Crippen molar-refractivity contribution in [3.63, 3.8) is 0 Å². The third-order valence-corrected chi connectivity index (χ3v) is 5.14. The van der Waals surface area contributed by atoms with E-state index in [0.717, 1.165) is 12.8 Å². The number of carbonyl (C=O) groups is 2. The molecule has 3 atom stereocenters. The van der Waals surface area contributed by atoms with Crippen LogP contribution >= 0.6 is 0 Å². The average Bonchev–Trinajstić information content (AvgIpc) is 2.58. The van der Waals surface area contributed by atoms with Crippen LogP contribution in [0.4, 0.5) is 0 Å². The van der Waals surface area contributed by atoms with Crippen molar-refractivity contribution in [2.45, 2.75) is 71.5 Å². The molecule has 2 fully saturated rings. The second-order valence-corrected chi connectivity index (χ2v) is 6.95. The average molecular weight is 268 g/mol. The molecule has 1 aliphatic carbocycles. The fraction of sp³-hybridized carbons (Fsp3) is 0.867. The molecule has 4 nitrogen and oxygen atoms in total. The lowest BCUT2D eigenvalue weighted by atomic mass is 9.71. The van der Waals surface area contributed by atoms with Gasteiger partial charge < -0.3 is 9.47 Å². The fourth-order valence-electron chi connectivity index (χ4n) is 2.80. The maximum Gasteiger partial charge on any atom is 0.312 e. The topological polar surface area (TPSA) is 52.6 Å². The van der Waals surface area contributed by atoms with Crippen LogP contribution in [0.5, 0.6) is 0 Å². The molecule has 1 aliphatic heterocycles. The lowest BCUT2D eigenvalue weighted by Crippen LogP contribution is -2.55. The summed E-state index contributed by atoms with van der Waals surface area (Å²) < 4.78 is 11.3. The Balaban J connectivity index is 2.19. The summed E-state index contributed by atoms with van der Waals surface area (Å²) in [5.74, 6) is -0.367. The largest absolute Gasteiger partial charge is 0.455 e. The molecule has 1 saturated carbocycles. The number of rotatable bonds is 3. The summed E-state index contributed by atoms with van der Waals surface area (Å²) in [7, 11) is 0. The van der Waals surface area contributed by atoms with Gasteiger partial charge in [0.1, 0.15) is 11.2 Å². The normalized spacial score (nSPS) is 37.9. The highest BCUT2D eigenvalue weighted by atomic mass is 16.6. The molecule has 1 heterocycles. The number of carbonyl (C=O) groups excluding carboxylic acids is 2. The molecule has 0 spiro atoms. The van der Waals surface area contributed by atoms with Crippen molar-refractivity contribution in [2.24, 2.45) is 11.3 Å². The third kappa shape index (κ3) is 2.15. The zero-order chi connectivity index (χ0) is 14.5. The van der Waals surface area contributed by atoms with E-state index in [4.69, 9.17) is 9.47 Å². The van der Waals surface area contributed by atoms with Gasteiger partial charge in [-0.3, -0.25) is 9.59 Å². The first-order chi connectivity index (χ1) is 8.63. The van der Waals surface area contributed by atoms with Gasteiger partial charge in [-0.15, -0.1) is 0 Å². The van der Waals surface area contributed by atoms with E-state index in [9.17, 15) is 9.59 Å². The van der Waals surface area contributed by atoms with E-state index in [-0.39, 0.29) is 17.9 Å². The van der Waals surface area contributed by atoms with E-state index < -0.39 is 16.6 Å². The van der Waals surface area contributed by atoms with E-state index in [2.05, 4.69) is 0 Å². The highest BCUT2D eigenvalue weighted by Crippen LogP contribution is 2.50. The number of esters is 2. The molecule has 0 radical (unpaired) electrons. The Bertz CT molecular complexity index is 414. The Morgan fingerprint density at radius 2 is 2.11 bits per heavy atom. The van der Waals surface area contributed by atoms with Crippen LogP contribution < -0.4 is 0 Å². The zero-order valence-corrected chi connectivity index (χ0v) is 12.5. The fourth-order valence-corrected chi connectivity index (χ4v) is 2.80. The molecule has 108 valence electrons. The Labute approximate surface area is 114 Å². The van der Waals surface area contributed by atoms with Crippen LogP contribution in [-0.2, 0) is 19.1 Å². The first-order valence-electron chi connectivity index (χ1n) is 7.10. The van der Waals surface area contributed by atoms with Crippen LogP contribution in [0.1, 0.15) is 60.3 Å². The molecule has 0 aromatic rings. The van der Waals surface area contributed by atoms with Crippen LogP contribution in [0, 0.1) is 11.3 Å². The summed E-state index contributed by atoms with van der Waals surface area (Å²) in [6, 6.07) is 0. The van der Waals surface area contributed by atoms with E-state index in [1.165, 1.54) is 0 Å². The molecule has 2 bridgehead atoms. The summed E-state index contributed by atoms with van der Waals surface area (Å²) in [5, 5.41) is 0. The minimum Gasteiger partial charge on any atom is -0.455 e. The van der Waals surface area contributed by atoms with Crippen molar-refractivity contribution in [3.05, 3.63) is 0 Å². The SMILES string of the molecule is CCC(C)(C)C(=O)OC1(C)CCC2CC1(C)OC2=O. The van der Waals surface area contributed by atoms with Crippen molar-refractivity contribution in [2.75, 3.05) is 0 Å². The molecule has 0 amide bonds. The van der Waals surface area contributed by atoms with Crippen LogP contribution in [-0.4, -0.2) is 23.1 Å². The van der Waals surface area contributed by atoms with Crippen molar-refractivity contribution >= 4 is 11.9 Å². The second kappa shape index (κ2) is 4.22. The number of hydrogen-bond acceptors (Lipinski definition) is 4. The van der Waals surface area contributed by atoms with Crippen LogP contribution in [0.3, 0.4) is 0 Å². The predicted octanol–water partition coefficient (Wildman–Crippen LogP) is 2.84. The first-order valence-corrected chi connectivity index (χ1v) is 7.10. The van der Waals surface area contributed by atoms with Gasteiger partial charge in [0.05, 0.1) is 11.3 Å². The van der Waals surface area contributed by atoms with Gasteiger partial charge in [-0.2, -0.15) is 0 Å². The van der Waals surface area contributed by atoms with Crippen molar-refractivity contribution in [1.29, 1.82) is 0 Å². The van der Waals surface area contributed by atoms with Gasteiger partial charge in [0.15, 0.2) is 0 Å². The maximum absolute atomic E-state index is 12.3. The lowest BCUT2D eigenvalue weighted by molar-refractivity contribution is -0.204. The van der Waals surface area contributed by atoms with Gasteiger partial charge in [-0.1, -0.05) is 6.92 Å². The molecule has 3 unspecified atom stereocenters. The zero-order valence-electron chi connectivity index (χ0n) is 12.5. The molecule has 4 heteroatoms. The Kier molecular flexibility index (Phi) is 3.19. The van der Waals surface area contributed by atoms with Gasteiger partial charge in [0, 0.05) is 6.42 Å². The van der Waals surface area contributed by atoms with Gasteiger partial charge in [-0.25, -0.2) is 0 Å². The van der Waals surface area contributed by atoms with E-state index in [0.29, 0.717) is 12.8 Å². The molecule has 0 N–H and O–H groups in total. The van der Waals surface area contributed by atoms with Crippen LogP contribution in [0.25, 0.3) is 0 Å². The summed E-state index contributed by atoms with van der Waals surface area (Å²) in [4.78, 5) is 24.0. The maximum atomic E-state index is 12.3. The van der Waals surface area contributed by atoms with Crippen molar-refractivity contribution < 1.29 is 19.1 Å². The Hall–Kier alpha value is -1.06. The molecule has 0 aromatic carbocycles. The number of ether oxygens (including phenoxy) is 2. The molecule has 1 saturated heterocycles. The minimum absolute atomic E-state index is 0.0176. The van der Waals surface area contributed by atoms with Crippen LogP contribution in [0.15, 0.2) is 0 Å². The molecule has 19 heavy (non-hydrogen) atoms. The smallest absolute Gasteiger partial charge is 0.312 e. The minimum atomic E-state index is -0.709. The standard InChI is InChI=1S/C15H24O4/c1-6-13(2,3)12(17)19-14(4)8-7-10-9-15(14,5)18-11(10)16/h10H,6-9H2,1-5H3. The molecular formula is C15H24O4. The summed E-state index contributed by atoms with van der Waals surface area (Å²) >= 11 is 0. The Morgan fingerprint density at radius 1 is 1.47 bits per heavy atom. The molecular weight excluding hydrogens is 244 g/mol. The van der Waals surface area contributed by atoms with Crippen molar-refractivity contribution in [1.82, 2.24) is 0 Å². The van der Waals surface area contributed by atoms with Crippen molar-refractivity contribution in [3.8, 4) is 0 Å². The summed E-state index contributed by atoms with van der Waals surface area (Å²) in [6.07, 6.45) is 2.80. The second-order valence-electron chi connectivity index (χ2n) is 6.95. The molecule has 0 aromatic heterocycles. The van der Waals surface area contributed by atoms with E-state index >= 15 is 0 Å². The van der Waals surface area contributed by atoms with Gasteiger partial charge in [-0.05, 0) is 47.0 Å². The van der Waals surface area contributed by atoms with Gasteiger partial charge in [0.25, 0.3) is 0 Å². The number of fused-ring (bicyclic) bond motifs is 2. The quantitative estimate of drug-likeness (QED) is 0.739.